The van der Waals surface area contributed by atoms with Crippen molar-refractivity contribution >= 4 is 17.0 Å². The summed E-state index contributed by atoms with van der Waals surface area (Å²) < 4.78 is 2.05. The van der Waals surface area contributed by atoms with Crippen LogP contribution < -0.4 is 0 Å². The molecule has 0 aliphatic carbocycles. The summed E-state index contributed by atoms with van der Waals surface area (Å²) in [6.45, 7) is 12.9. The second-order valence-corrected chi connectivity index (χ2v) is 7.50. The number of nitrogens with zero attached hydrogens (tertiary/aromatic N) is 4. The fourth-order valence-electron chi connectivity index (χ4n) is 3.39. The minimum absolute atomic E-state index is 0.526. The van der Waals surface area contributed by atoms with Gasteiger partial charge in [-0.1, -0.05) is 20.8 Å². The molecule has 0 radical (unpaired) electrons. The molecule has 3 aromatic heterocycles. The van der Waals surface area contributed by atoms with Gasteiger partial charge in [0.25, 0.3) is 0 Å². The van der Waals surface area contributed by atoms with Crippen molar-refractivity contribution in [1.82, 2.24) is 19.6 Å². The summed E-state index contributed by atoms with van der Waals surface area (Å²) in [6, 6.07) is 2.21. The van der Waals surface area contributed by atoms with Gasteiger partial charge in [0.2, 0.25) is 0 Å². The Morgan fingerprint density at radius 3 is 2.33 bits per heavy atom. The number of aryl methyl sites for hydroxylation is 4. The standard InChI is InChI=1S/C19H26N4S/c1-7-14(8-2)15-10-11(4)22-23-17(12(5)21-19(15)23)18-13(6)20-16(9-3)24-18/h10,14H,7-9H2,1-6H3. The van der Waals surface area contributed by atoms with Gasteiger partial charge in [-0.3, -0.25) is 0 Å². The van der Waals surface area contributed by atoms with E-state index in [0.29, 0.717) is 5.92 Å². The smallest absolute Gasteiger partial charge is 0.158 e. The van der Waals surface area contributed by atoms with Gasteiger partial charge in [-0.05, 0) is 52.0 Å². The van der Waals surface area contributed by atoms with Crippen LogP contribution in [0.2, 0.25) is 0 Å². The summed E-state index contributed by atoms with van der Waals surface area (Å²) in [4.78, 5) is 10.8. The Morgan fingerprint density at radius 2 is 1.75 bits per heavy atom. The molecule has 3 rings (SSSR count). The van der Waals surface area contributed by atoms with Gasteiger partial charge in [-0.15, -0.1) is 11.3 Å². The van der Waals surface area contributed by atoms with Gasteiger partial charge >= 0.3 is 0 Å². The highest BCUT2D eigenvalue weighted by atomic mass is 32.1. The maximum atomic E-state index is 4.90. The minimum atomic E-state index is 0.526. The van der Waals surface area contributed by atoms with E-state index in [2.05, 4.69) is 52.1 Å². The summed E-state index contributed by atoms with van der Waals surface area (Å²) in [5, 5.41) is 5.96. The van der Waals surface area contributed by atoms with Crippen LogP contribution in [0.5, 0.6) is 0 Å². The normalized spacial score (nSPS) is 11.8. The molecule has 0 spiro atoms. The van der Waals surface area contributed by atoms with Crippen molar-refractivity contribution in [3.05, 3.63) is 33.7 Å². The zero-order chi connectivity index (χ0) is 17.4. The van der Waals surface area contributed by atoms with Gasteiger partial charge in [0.15, 0.2) is 5.65 Å². The lowest BCUT2D eigenvalue weighted by molar-refractivity contribution is 0.638. The van der Waals surface area contributed by atoms with Crippen molar-refractivity contribution in [2.24, 2.45) is 0 Å². The summed E-state index contributed by atoms with van der Waals surface area (Å²) in [6.07, 6.45) is 3.21. The van der Waals surface area contributed by atoms with Crippen LogP contribution in [0.4, 0.5) is 0 Å². The average Bonchev–Trinajstić information content (AvgIpc) is 3.07. The highest BCUT2D eigenvalue weighted by Gasteiger charge is 2.22. The number of imidazole rings is 1. The third-order valence-electron chi connectivity index (χ3n) is 4.69. The Balaban J connectivity index is 2.30. The first-order chi connectivity index (χ1) is 11.5. The van der Waals surface area contributed by atoms with Crippen LogP contribution in [0, 0.1) is 20.8 Å². The molecule has 3 heterocycles. The van der Waals surface area contributed by atoms with Crippen molar-refractivity contribution in [3.63, 3.8) is 0 Å². The number of thiazole rings is 1. The first-order valence-corrected chi connectivity index (χ1v) is 9.65. The van der Waals surface area contributed by atoms with Crippen LogP contribution in [0.15, 0.2) is 6.07 Å². The molecular weight excluding hydrogens is 316 g/mol. The number of hydrogen-bond donors (Lipinski definition) is 0. The Labute approximate surface area is 148 Å². The summed E-state index contributed by atoms with van der Waals surface area (Å²) in [5.41, 5.74) is 6.59. The lowest BCUT2D eigenvalue weighted by Crippen LogP contribution is -2.05. The van der Waals surface area contributed by atoms with Crippen molar-refractivity contribution in [2.45, 2.75) is 66.7 Å². The summed E-state index contributed by atoms with van der Waals surface area (Å²) >= 11 is 1.77. The first kappa shape index (κ1) is 17.1. The minimum Gasteiger partial charge on any atom is -0.246 e. The van der Waals surface area contributed by atoms with Gasteiger partial charge in [0.05, 0.1) is 27.0 Å². The third kappa shape index (κ3) is 2.75. The molecule has 128 valence electrons. The fraction of sp³-hybridized carbons (Fsp3) is 0.526. The lowest BCUT2D eigenvalue weighted by atomic mass is 9.95. The van der Waals surface area contributed by atoms with E-state index in [1.54, 1.807) is 11.3 Å². The average molecular weight is 343 g/mol. The monoisotopic (exact) mass is 342 g/mol. The van der Waals surface area contributed by atoms with Gasteiger partial charge in [0.1, 0.15) is 5.69 Å². The van der Waals surface area contributed by atoms with E-state index in [0.717, 1.165) is 47.7 Å². The molecule has 5 heteroatoms. The highest BCUT2D eigenvalue weighted by molar-refractivity contribution is 7.15. The van der Waals surface area contributed by atoms with Crippen molar-refractivity contribution in [1.29, 1.82) is 0 Å². The molecule has 0 atom stereocenters. The molecule has 0 bridgehead atoms. The van der Waals surface area contributed by atoms with Crippen LogP contribution in [-0.2, 0) is 6.42 Å². The highest BCUT2D eigenvalue weighted by Crippen LogP contribution is 2.35. The van der Waals surface area contributed by atoms with Gasteiger partial charge in [-0.2, -0.15) is 5.10 Å². The molecule has 4 nitrogen and oxygen atoms in total. The second kappa shape index (κ2) is 6.63. The molecule has 0 unspecified atom stereocenters. The Hall–Kier alpha value is -1.75. The number of aromatic nitrogens is 4. The number of rotatable bonds is 5. The van der Waals surface area contributed by atoms with E-state index in [9.17, 15) is 0 Å². The van der Waals surface area contributed by atoms with Crippen LogP contribution in [-0.4, -0.2) is 19.6 Å². The molecule has 0 aromatic carbocycles. The molecule has 0 aliphatic heterocycles. The molecule has 0 N–H and O–H groups in total. The van der Waals surface area contributed by atoms with Gasteiger partial charge in [-0.25, -0.2) is 14.5 Å². The van der Waals surface area contributed by atoms with E-state index in [4.69, 9.17) is 15.1 Å². The molecule has 0 amide bonds. The van der Waals surface area contributed by atoms with Crippen LogP contribution in [0.25, 0.3) is 16.2 Å². The van der Waals surface area contributed by atoms with E-state index in [-0.39, 0.29) is 0 Å². The van der Waals surface area contributed by atoms with Crippen LogP contribution in [0.1, 0.15) is 67.2 Å². The molecule has 0 fully saturated rings. The molecule has 3 aromatic rings. The molecule has 0 aliphatic rings. The SMILES string of the molecule is CCc1nc(C)c(-c2c(C)nc3c(C(CC)CC)cc(C)nn23)s1. The third-order valence-corrected chi connectivity index (χ3v) is 6.00. The Kier molecular flexibility index (Phi) is 4.72. The predicted octanol–water partition coefficient (Wildman–Crippen LogP) is 5.24. The van der Waals surface area contributed by atoms with E-state index >= 15 is 0 Å². The Morgan fingerprint density at radius 1 is 1.04 bits per heavy atom. The van der Waals surface area contributed by atoms with E-state index in [1.807, 2.05) is 0 Å². The topological polar surface area (TPSA) is 43.1 Å². The number of hydrogen-bond acceptors (Lipinski definition) is 4. The quantitative estimate of drug-likeness (QED) is 0.636. The Bertz CT molecular complexity index is 871. The first-order valence-electron chi connectivity index (χ1n) is 8.83. The maximum Gasteiger partial charge on any atom is 0.158 e. The summed E-state index contributed by atoms with van der Waals surface area (Å²) in [5.74, 6) is 0.526. The van der Waals surface area contributed by atoms with E-state index in [1.165, 1.54) is 15.4 Å². The largest absolute Gasteiger partial charge is 0.246 e. The van der Waals surface area contributed by atoms with Gasteiger partial charge < -0.3 is 0 Å². The zero-order valence-corrected chi connectivity index (χ0v) is 16.3. The van der Waals surface area contributed by atoms with E-state index < -0.39 is 0 Å². The zero-order valence-electron chi connectivity index (χ0n) is 15.5. The van der Waals surface area contributed by atoms with Crippen LogP contribution >= 0.6 is 11.3 Å². The second-order valence-electron chi connectivity index (χ2n) is 6.41. The molecule has 0 saturated heterocycles. The molecule has 0 saturated carbocycles. The lowest BCUT2D eigenvalue weighted by Gasteiger charge is -2.14. The van der Waals surface area contributed by atoms with Crippen molar-refractivity contribution in [2.75, 3.05) is 0 Å². The number of fused-ring (bicyclic) bond motifs is 1. The predicted molar refractivity (Wildman–Crippen MR) is 101 cm³/mol. The molecular formula is C19H26N4S. The maximum absolute atomic E-state index is 4.90. The summed E-state index contributed by atoms with van der Waals surface area (Å²) in [7, 11) is 0. The van der Waals surface area contributed by atoms with Crippen molar-refractivity contribution in [3.8, 4) is 10.6 Å². The fourth-order valence-corrected chi connectivity index (χ4v) is 4.48. The molecule has 24 heavy (non-hydrogen) atoms. The van der Waals surface area contributed by atoms with Gasteiger partial charge in [0, 0.05) is 5.56 Å². The van der Waals surface area contributed by atoms with Crippen LogP contribution in [0.3, 0.4) is 0 Å². The van der Waals surface area contributed by atoms with Crippen molar-refractivity contribution < 1.29 is 0 Å².